The summed E-state index contributed by atoms with van der Waals surface area (Å²) in [5, 5.41) is 12.3. The number of carbonyl (C=O) groups excluding carboxylic acids is 2. The van der Waals surface area contributed by atoms with Gasteiger partial charge in [-0.1, -0.05) is 28.1 Å². The zero-order valence-corrected chi connectivity index (χ0v) is 16.4. The van der Waals surface area contributed by atoms with E-state index >= 15 is 0 Å². The summed E-state index contributed by atoms with van der Waals surface area (Å²) in [6, 6.07) is 16.0. The van der Waals surface area contributed by atoms with Crippen molar-refractivity contribution < 1.29 is 9.59 Å². The lowest BCUT2D eigenvalue weighted by molar-refractivity contribution is -0.123. The van der Waals surface area contributed by atoms with Crippen molar-refractivity contribution in [1.29, 1.82) is 5.26 Å². The molecule has 0 unspecified atom stereocenters. The molecule has 0 spiro atoms. The summed E-state index contributed by atoms with van der Waals surface area (Å²) < 4.78 is 0.990. The van der Waals surface area contributed by atoms with Crippen LogP contribution in [0.3, 0.4) is 0 Å². The Morgan fingerprint density at radius 3 is 2.56 bits per heavy atom. The predicted octanol–water partition coefficient (Wildman–Crippen LogP) is 3.15. The molecule has 6 nitrogen and oxygen atoms in total. The van der Waals surface area contributed by atoms with Gasteiger partial charge < -0.3 is 11.1 Å². The fourth-order valence-corrected chi connectivity index (χ4v) is 2.86. The highest BCUT2D eigenvalue weighted by atomic mass is 79.9. The molecular weight excluding hydrogens is 408 g/mol. The molecule has 2 aromatic carbocycles. The second-order valence-corrected chi connectivity index (χ2v) is 6.67. The first-order valence-electron chi connectivity index (χ1n) is 8.21. The topological polar surface area (TPSA) is 99.2 Å². The molecule has 0 aliphatic rings. The lowest BCUT2D eigenvalue weighted by atomic mass is 10.1. The highest BCUT2D eigenvalue weighted by Gasteiger charge is 2.23. The summed E-state index contributed by atoms with van der Waals surface area (Å²) in [7, 11) is 0. The number of nitrogens with one attached hydrogen (secondary N) is 1. The van der Waals surface area contributed by atoms with Gasteiger partial charge in [-0.15, -0.1) is 0 Å². The molecule has 2 amide bonds. The van der Waals surface area contributed by atoms with Crippen molar-refractivity contribution in [3.63, 3.8) is 0 Å². The second kappa shape index (κ2) is 9.55. The van der Waals surface area contributed by atoms with Gasteiger partial charge in [-0.2, -0.15) is 5.26 Å². The molecule has 2 aromatic rings. The number of imide groups is 1. The van der Waals surface area contributed by atoms with Crippen molar-refractivity contribution in [2.24, 2.45) is 0 Å². The van der Waals surface area contributed by atoms with E-state index in [1.807, 2.05) is 30.3 Å². The zero-order chi connectivity index (χ0) is 19.8. The van der Waals surface area contributed by atoms with Crippen molar-refractivity contribution in [2.45, 2.75) is 13.3 Å². The number of nitrogens with zero attached hydrogens (tertiary/aromatic N) is 2. The molecule has 0 aromatic heterocycles. The minimum atomic E-state index is -0.690. The number of hydrogen-bond donors (Lipinski definition) is 2. The molecule has 0 aliphatic heterocycles. The van der Waals surface area contributed by atoms with E-state index in [0.29, 0.717) is 17.9 Å². The van der Waals surface area contributed by atoms with E-state index in [1.54, 1.807) is 24.3 Å². The van der Waals surface area contributed by atoms with Crippen LogP contribution in [0, 0.1) is 11.3 Å². The molecule has 0 saturated carbocycles. The van der Waals surface area contributed by atoms with Gasteiger partial charge in [0, 0.05) is 29.8 Å². The molecule has 0 bridgehead atoms. The Hall–Kier alpha value is -3.11. The number of hydrogen-bond acceptors (Lipinski definition) is 5. The maximum absolute atomic E-state index is 12.6. The molecule has 0 saturated heterocycles. The molecule has 0 atom stereocenters. The van der Waals surface area contributed by atoms with Gasteiger partial charge in [0.1, 0.15) is 11.6 Å². The Balaban J connectivity index is 2.08. The highest BCUT2D eigenvalue weighted by Crippen LogP contribution is 2.19. The molecular formula is C20H19BrN4O2. The van der Waals surface area contributed by atoms with Crippen molar-refractivity contribution in [3.05, 3.63) is 70.3 Å². The fraction of sp³-hybridized carbons (Fsp3) is 0.150. The number of carbonyl (C=O) groups is 2. The van der Waals surface area contributed by atoms with Gasteiger partial charge >= 0.3 is 0 Å². The van der Waals surface area contributed by atoms with Crippen LogP contribution in [-0.4, -0.2) is 18.4 Å². The Labute approximate surface area is 166 Å². The third-order valence-corrected chi connectivity index (χ3v) is 4.21. The number of nitrogens with two attached hydrogens (primary N) is 1. The summed E-state index contributed by atoms with van der Waals surface area (Å²) >= 11 is 3.42. The number of halogens is 1. The van der Waals surface area contributed by atoms with Crippen LogP contribution in [0.5, 0.6) is 0 Å². The number of nitriles is 1. The normalized spacial score (nSPS) is 10.8. The number of rotatable bonds is 6. The highest BCUT2D eigenvalue weighted by molar-refractivity contribution is 9.10. The Kier molecular flexibility index (Phi) is 7.15. The average molecular weight is 427 g/mol. The molecule has 2 rings (SSSR count). The van der Waals surface area contributed by atoms with E-state index in [9.17, 15) is 14.9 Å². The molecule has 0 heterocycles. The number of benzene rings is 2. The predicted molar refractivity (Wildman–Crippen MR) is 109 cm³/mol. The molecule has 0 radical (unpaired) electrons. The van der Waals surface area contributed by atoms with Crippen molar-refractivity contribution in [2.75, 3.05) is 17.2 Å². The largest absolute Gasteiger partial charge is 0.399 e. The van der Waals surface area contributed by atoms with E-state index in [0.717, 1.165) is 21.4 Å². The second-order valence-electron chi connectivity index (χ2n) is 5.75. The van der Waals surface area contributed by atoms with Crippen molar-refractivity contribution in [1.82, 2.24) is 5.32 Å². The van der Waals surface area contributed by atoms with Crippen LogP contribution in [0.4, 0.5) is 11.4 Å². The van der Waals surface area contributed by atoms with Crippen molar-refractivity contribution >= 4 is 39.1 Å². The third-order valence-electron chi connectivity index (χ3n) is 3.71. The Morgan fingerprint density at radius 1 is 1.26 bits per heavy atom. The van der Waals surface area contributed by atoms with Crippen LogP contribution in [0.2, 0.25) is 0 Å². The fourth-order valence-electron chi connectivity index (χ4n) is 2.41. The van der Waals surface area contributed by atoms with Gasteiger partial charge in [-0.05, 0) is 48.4 Å². The van der Waals surface area contributed by atoms with Crippen molar-refractivity contribution in [3.8, 4) is 6.07 Å². The first-order chi connectivity index (χ1) is 12.9. The molecule has 0 aliphatic carbocycles. The quantitative estimate of drug-likeness (QED) is 0.319. The zero-order valence-electron chi connectivity index (χ0n) is 14.8. The first kappa shape index (κ1) is 20.2. The van der Waals surface area contributed by atoms with E-state index in [4.69, 9.17) is 5.73 Å². The summed E-state index contributed by atoms with van der Waals surface area (Å²) in [4.78, 5) is 25.5. The van der Waals surface area contributed by atoms with Crippen LogP contribution in [0.15, 0.2) is 64.8 Å². The van der Waals surface area contributed by atoms with E-state index < -0.39 is 11.8 Å². The van der Waals surface area contributed by atoms with Gasteiger partial charge in [-0.3, -0.25) is 9.59 Å². The van der Waals surface area contributed by atoms with Crippen LogP contribution >= 0.6 is 15.9 Å². The van der Waals surface area contributed by atoms with Gasteiger partial charge in [0.2, 0.25) is 5.91 Å². The monoisotopic (exact) mass is 426 g/mol. The number of amides is 2. The van der Waals surface area contributed by atoms with Gasteiger partial charge in [0.15, 0.2) is 0 Å². The lowest BCUT2D eigenvalue weighted by Gasteiger charge is -2.19. The van der Waals surface area contributed by atoms with E-state index in [1.165, 1.54) is 13.1 Å². The average Bonchev–Trinajstić information content (AvgIpc) is 2.63. The summed E-state index contributed by atoms with van der Waals surface area (Å²) in [6.45, 7) is 1.81. The first-order valence-corrected chi connectivity index (χ1v) is 9.00. The SMILES string of the molecule is CC(=O)N(C(=O)/C(C#N)=C\NCCc1cccc(Br)c1)c1ccc(N)cc1. The van der Waals surface area contributed by atoms with Crippen LogP contribution in [-0.2, 0) is 16.0 Å². The summed E-state index contributed by atoms with van der Waals surface area (Å²) in [6.07, 6.45) is 2.06. The minimum Gasteiger partial charge on any atom is -0.399 e. The van der Waals surface area contributed by atoms with Gasteiger partial charge in [0.05, 0.1) is 5.69 Å². The standard InChI is InChI=1S/C20H19BrN4O2/c1-14(26)25(19-7-5-18(23)6-8-19)20(27)16(12-22)13-24-10-9-15-3-2-4-17(21)11-15/h2-8,11,13,24H,9-10,23H2,1H3/b16-13-. The van der Waals surface area contributed by atoms with E-state index in [-0.39, 0.29) is 5.57 Å². The molecule has 7 heteroatoms. The number of anilines is 2. The van der Waals surface area contributed by atoms with Crippen LogP contribution < -0.4 is 16.0 Å². The molecule has 0 fully saturated rings. The van der Waals surface area contributed by atoms with Gasteiger partial charge in [0.25, 0.3) is 5.91 Å². The summed E-state index contributed by atoms with van der Waals surface area (Å²) in [5.41, 5.74) is 7.47. The maximum atomic E-state index is 12.6. The molecule has 27 heavy (non-hydrogen) atoms. The van der Waals surface area contributed by atoms with Gasteiger partial charge in [-0.25, -0.2) is 4.90 Å². The lowest BCUT2D eigenvalue weighted by Crippen LogP contribution is -2.36. The van der Waals surface area contributed by atoms with Crippen LogP contribution in [0.25, 0.3) is 0 Å². The Bertz CT molecular complexity index is 901. The van der Waals surface area contributed by atoms with E-state index in [2.05, 4.69) is 21.2 Å². The summed E-state index contributed by atoms with van der Waals surface area (Å²) in [5.74, 6) is -1.18. The number of nitrogen functional groups attached to an aromatic ring is 1. The third kappa shape index (κ3) is 5.69. The molecule has 138 valence electrons. The molecule has 3 N–H and O–H groups in total. The Morgan fingerprint density at radius 2 is 1.96 bits per heavy atom. The smallest absolute Gasteiger partial charge is 0.277 e. The minimum absolute atomic E-state index is 0.156. The maximum Gasteiger partial charge on any atom is 0.277 e. The van der Waals surface area contributed by atoms with Crippen LogP contribution in [0.1, 0.15) is 12.5 Å².